The van der Waals surface area contributed by atoms with Crippen LogP contribution in [0.25, 0.3) is 0 Å². The second-order valence-electron chi connectivity index (χ2n) is 7.33. The first kappa shape index (κ1) is 20.4. The second-order valence-corrected chi connectivity index (χ2v) is 9.89. The summed E-state index contributed by atoms with van der Waals surface area (Å²) in [6.07, 6.45) is 0. The summed E-state index contributed by atoms with van der Waals surface area (Å²) < 4.78 is 0.682. The van der Waals surface area contributed by atoms with Gasteiger partial charge in [0.15, 0.2) is 4.34 Å². The molecule has 154 valence electrons. The van der Waals surface area contributed by atoms with Gasteiger partial charge in [0.2, 0.25) is 16.9 Å². The minimum atomic E-state index is -0.999. The second kappa shape index (κ2) is 8.08. The minimum absolute atomic E-state index is 0.153. The first-order valence-electron chi connectivity index (χ1n) is 9.43. The summed E-state index contributed by atoms with van der Waals surface area (Å²) in [6, 6.07) is 17.0. The van der Waals surface area contributed by atoms with Crippen LogP contribution >= 0.6 is 23.1 Å². The standard InChI is InChI=1S/C21H21N5O2S2/c1-13(29-20-25-24-19(30-20)22-14-9-5-4-6-10-14)17(27)26-16-12-8-7-11-15(16)23-18(28)21(26,2)3/h4-13H,1-3H3,(H,22,24)(H,23,28)/t13-/m0/s1. The molecule has 0 spiro atoms. The molecule has 0 fully saturated rings. The van der Waals surface area contributed by atoms with Crippen LogP contribution in [-0.4, -0.2) is 32.8 Å². The number of thioether (sulfide) groups is 1. The van der Waals surface area contributed by atoms with E-state index in [1.54, 1.807) is 24.8 Å². The number of benzene rings is 2. The summed E-state index contributed by atoms with van der Waals surface area (Å²) in [5.41, 5.74) is 1.26. The number of carbonyl (C=O) groups excluding carboxylic acids is 2. The van der Waals surface area contributed by atoms with Crippen LogP contribution in [0.1, 0.15) is 20.8 Å². The highest BCUT2D eigenvalue weighted by Crippen LogP contribution is 2.39. The third kappa shape index (κ3) is 3.90. The molecule has 2 N–H and O–H groups in total. The van der Waals surface area contributed by atoms with Crippen molar-refractivity contribution in [1.82, 2.24) is 10.2 Å². The van der Waals surface area contributed by atoms with E-state index >= 15 is 0 Å². The zero-order valence-electron chi connectivity index (χ0n) is 16.7. The molecule has 0 saturated carbocycles. The number of hydrogen-bond acceptors (Lipinski definition) is 7. The van der Waals surface area contributed by atoms with E-state index in [4.69, 9.17) is 0 Å². The van der Waals surface area contributed by atoms with Gasteiger partial charge in [-0.25, -0.2) is 0 Å². The topological polar surface area (TPSA) is 87.2 Å². The van der Waals surface area contributed by atoms with Gasteiger partial charge >= 0.3 is 0 Å². The van der Waals surface area contributed by atoms with Gasteiger partial charge in [-0.3, -0.25) is 14.5 Å². The normalized spacial score (nSPS) is 15.8. The van der Waals surface area contributed by atoms with Gasteiger partial charge in [0, 0.05) is 5.69 Å². The molecule has 1 aromatic heterocycles. The number of rotatable bonds is 5. The van der Waals surface area contributed by atoms with Crippen molar-refractivity contribution in [2.75, 3.05) is 15.5 Å². The highest BCUT2D eigenvalue weighted by Gasteiger charge is 2.44. The highest BCUT2D eigenvalue weighted by molar-refractivity contribution is 8.02. The molecular weight excluding hydrogens is 418 g/mol. The third-order valence-corrected chi connectivity index (χ3v) is 6.80. The maximum Gasteiger partial charge on any atom is 0.250 e. The number of carbonyl (C=O) groups is 2. The summed E-state index contributed by atoms with van der Waals surface area (Å²) in [6.45, 7) is 5.32. The Morgan fingerprint density at radius 3 is 2.60 bits per heavy atom. The van der Waals surface area contributed by atoms with Crippen LogP contribution < -0.4 is 15.5 Å². The van der Waals surface area contributed by atoms with Crippen molar-refractivity contribution in [2.45, 2.75) is 35.9 Å². The van der Waals surface area contributed by atoms with Crippen molar-refractivity contribution >= 4 is 57.1 Å². The number of hydrogen-bond donors (Lipinski definition) is 2. The Morgan fingerprint density at radius 2 is 1.83 bits per heavy atom. The fourth-order valence-electron chi connectivity index (χ4n) is 3.18. The monoisotopic (exact) mass is 439 g/mol. The van der Waals surface area contributed by atoms with E-state index in [-0.39, 0.29) is 11.8 Å². The molecule has 1 atom stereocenters. The zero-order chi connectivity index (χ0) is 21.3. The van der Waals surface area contributed by atoms with Gasteiger partial charge < -0.3 is 10.6 Å². The number of fused-ring (bicyclic) bond motifs is 1. The van der Waals surface area contributed by atoms with Crippen LogP contribution in [-0.2, 0) is 9.59 Å². The van der Waals surface area contributed by atoms with Crippen LogP contribution in [0.4, 0.5) is 22.2 Å². The van der Waals surface area contributed by atoms with Crippen molar-refractivity contribution in [2.24, 2.45) is 0 Å². The summed E-state index contributed by atoms with van der Waals surface area (Å²) in [7, 11) is 0. The highest BCUT2D eigenvalue weighted by atomic mass is 32.2. The average Bonchev–Trinajstić information content (AvgIpc) is 3.16. The first-order valence-corrected chi connectivity index (χ1v) is 11.1. The van der Waals surface area contributed by atoms with E-state index in [9.17, 15) is 9.59 Å². The maximum atomic E-state index is 13.4. The molecule has 9 heteroatoms. The summed E-state index contributed by atoms with van der Waals surface area (Å²) in [5.74, 6) is -0.364. The SMILES string of the molecule is C[C@H](Sc1nnc(Nc2ccccc2)s1)C(=O)N1c2ccccc2NC(=O)C1(C)C. The van der Waals surface area contributed by atoms with Gasteiger partial charge in [0.1, 0.15) is 5.54 Å². The van der Waals surface area contributed by atoms with Gasteiger partial charge in [-0.05, 0) is 45.0 Å². The molecule has 4 rings (SSSR count). The van der Waals surface area contributed by atoms with Crippen LogP contribution in [0.3, 0.4) is 0 Å². The first-order chi connectivity index (χ1) is 14.4. The lowest BCUT2D eigenvalue weighted by molar-refractivity contribution is -0.126. The predicted octanol–water partition coefficient (Wildman–Crippen LogP) is 4.53. The largest absolute Gasteiger partial charge is 0.330 e. The van der Waals surface area contributed by atoms with Crippen molar-refractivity contribution in [3.05, 3.63) is 54.6 Å². The fourth-order valence-corrected chi connectivity index (χ4v) is 5.14. The lowest BCUT2D eigenvalue weighted by Gasteiger charge is -2.42. The third-order valence-electron chi connectivity index (χ3n) is 4.79. The minimum Gasteiger partial charge on any atom is -0.330 e. The summed E-state index contributed by atoms with van der Waals surface area (Å²) in [4.78, 5) is 27.6. The smallest absolute Gasteiger partial charge is 0.250 e. The lowest BCUT2D eigenvalue weighted by atomic mass is 9.96. The van der Waals surface area contributed by atoms with E-state index < -0.39 is 10.8 Å². The molecule has 2 heterocycles. The quantitative estimate of drug-likeness (QED) is 0.568. The number of para-hydroxylation sites is 3. The van der Waals surface area contributed by atoms with Gasteiger partial charge in [-0.15, -0.1) is 10.2 Å². The lowest BCUT2D eigenvalue weighted by Crippen LogP contribution is -2.60. The molecule has 1 aliphatic rings. The van der Waals surface area contributed by atoms with E-state index in [1.165, 1.54) is 23.1 Å². The average molecular weight is 440 g/mol. The van der Waals surface area contributed by atoms with Crippen LogP contribution in [0.15, 0.2) is 58.9 Å². The van der Waals surface area contributed by atoms with Gasteiger partial charge in [0.05, 0.1) is 16.6 Å². The Morgan fingerprint density at radius 1 is 1.13 bits per heavy atom. The molecule has 0 unspecified atom stereocenters. The number of nitrogens with zero attached hydrogens (tertiary/aromatic N) is 3. The van der Waals surface area contributed by atoms with Crippen LogP contribution in [0.5, 0.6) is 0 Å². The van der Waals surface area contributed by atoms with Crippen molar-refractivity contribution < 1.29 is 9.59 Å². The molecule has 1 aliphatic heterocycles. The Balaban J connectivity index is 1.52. The molecule has 0 radical (unpaired) electrons. The molecule has 30 heavy (non-hydrogen) atoms. The molecule has 0 bridgehead atoms. The molecule has 2 amide bonds. The molecule has 7 nitrogen and oxygen atoms in total. The van der Waals surface area contributed by atoms with Gasteiger partial charge in [-0.1, -0.05) is 53.4 Å². The van der Waals surface area contributed by atoms with Crippen LogP contribution in [0.2, 0.25) is 0 Å². The number of aromatic nitrogens is 2. The Hall–Kier alpha value is -2.91. The van der Waals surface area contributed by atoms with Crippen molar-refractivity contribution in [1.29, 1.82) is 0 Å². The Labute approximate surface area is 182 Å². The molecule has 0 saturated heterocycles. The molecule has 2 aromatic carbocycles. The number of nitrogens with one attached hydrogen (secondary N) is 2. The maximum absolute atomic E-state index is 13.4. The van der Waals surface area contributed by atoms with Crippen molar-refractivity contribution in [3.63, 3.8) is 0 Å². The zero-order valence-corrected chi connectivity index (χ0v) is 18.4. The summed E-state index contributed by atoms with van der Waals surface area (Å²) >= 11 is 2.72. The van der Waals surface area contributed by atoms with Gasteiger partial charge in [-0.2, -0.15) is 0 Å². The summed E-state index contributed by atoms with van der Waals surface area (Å²) in [5, 5.41) is 14.7. The van der Waals surface area contributed by atoms with E-state index in [1.807, 2.05) is 55.5 Å². The number of amides is 2. The van der Waals surface area contributed by atoms with E-state index in [0.717, 1.165) is 5.69 Å². The fraction of sp³-hybridized carbons (Fsp3) is 0.238. The van der Waals surface area contributed by atoms with Crippen molar-refractivity contribution in [3.8, 4) is 0 Å². The molecule has 3 aromatic rings. The Kier molecular flexibility index (Phi) is 5.48. The van der Waals surface area contributed by atoms with E-state index in [0.29, 0.717) is 20.8 Å². The number of anilines is 4. The van der Waals surface area contributed by atoms with E-state index in [2.05, 4.69) is 20.8 Å². The van der Waals surface area contributed by atoms with Crippen LogP contribution in [0, 0.1) is 0 Å². The molecular formula is C21H21N5O2S2. The Bertz CT molecular complexity index is 1080. The van der Waals surface area contributed by atoms with Gasteiger partial charge in [0.25, 0.3) is 0 Å². The predicted molar refractivity (Wildman–Crippen MR) is 122 cm³/mol. The molecule has 0 aliphatic carbocycles.